The second kappa shape index (κ2) is 6.94. The Morgan fingerprint density at radius 1 is 1.42 bits per heavy atom. The minimum atomic E-state index is -0.357. The summed E-state index contributed by atoms with van der Waals surface area (Å²) in [5.41, 5.74) is 1.32. The molecule has 0 aliphatic carbocycles. The molecule has 0 saturated carbocycles. The summed E-state index contributed by atoms with van der Waals surface area (Å²) in [4.78, 5) is 16.4. The summed E-state index contributed by atoms with van der Waals surface area (Å²) in [6.45, 7) is 2.55. The molecule has 0 spiro atoms. The molecule has 0 saturated heterocycles. The summed E-state index contributed by atoms with van der Waals surface area (Å²) in [7, 11) is 0. The molecule has 0 fully saturated rings. The number of nitrogens with zero attached hydrogens (tertiary/aromatic N) is 3. The third-order valence-electron chi connectivity index (χ3n) is 2.59. The smallest absolute Gasteiger partial charge is 0.352 e. The molecule has 2 heterocycles. The Morgan fingerprint density at radius 2 is 2.32 bits per heavy atom. The van der Waals surface area contributed by atoms with Crippen LogP contribution in [0, 0.1) is 0 Å². The van der Waals surface area contributed by atoms with Crippen LogP contribution in [0.25, 0.3) is 11.3 Å². The van der Waals surface area contributed by atoms with Crippen molar-refractivity contribution >= 4 is 17.5 Å². The topological polar surface area (TPSA) is 65.0 Å². The molecule has 0 amide bonds. The van der Waals surface area contributed by atoms with Crippen LogP contribution < -0.4 is 0 Å². The second-order valence-electron chi connectivity index (χ2n) is 4.04. The number of ether oxygens (including phenoxy) is 1. The summed E-state index contributed by atoms with van der Waals surface area (Å²) in [5.74, 6) is -0.357. The summed E-state index contributed by atoms with van der Waals surface area (Å²) in [6.07, 6.45) is 6.37. The third-order valence-corrected chi connectivity index (χ3v) is 3.30. The number of hydrogen-bond acceptors (Lipinski definition) is 6. The van der Waals surface area contributed by atoms with Gasteiger partial charge < -0.3 is 4.74 Å². The van der Waals surface area contributed by atoms with Crippen LogP contribution >= 0.6 is 11.5 Å². The van der Waals surface area contributed by atoms with Crippen molar-refractivity contribution < 1.29 is 9.53 Å². The van der Waals surface area contributed by atoms with E-state index in [0.717, 1.165) is 36.4 Å². The maximum atomic E-state index is 12.0. The first-order valence-corrected chi connectivity index (χ1v) is 7.00. The number of rotatable bonds is 6. The van der Waals surface area contributed by atoms with Crippen LogP contribution in [0.1, 0.15) is 35.9 Å². The molecule has 0 aliphatic heterocycles. The van der Waals surface area contributed by atoms with E-state index in [9.17, 15) is 4.79 Å². The van der Waals surface area contributed by atoms with E-state index < -0.39 is 0 Å². The van der Waals surface area contributed by atoms with Crippen LogP contribution in [0.5, 0.6) is 0 Å². The minimum Gasteiger partial charge on any atom is -0.461 e. The lowest BCUT2D eigenvalue weighted by atomic mass is 10.2. The number of hydrogen-bond donors (Lipinski definition) is 0. The van der Waals surface area contributed by atoms with Gasteiger partial charge in [-0.05, 0) is 30.1 Å². The van der Waals surface area contributed by atoms with Gasteiger partial charge in [0, 0.05) is 18.0 Å². The average molecular weight is 277 g/mol. The van der Waals surface area contributed by atoms with Gasteiger partial charge in [0.1, 0.15) is 5.69 Å². The fraction of sp³-hybridized carbons (Fsp3) is 0.385. The van der Waals surface area contributed by atoms with E-state index >= 15 is 0 Å². The first-order chi connectivity index (χ1) is 9.33. The Labute approximate surface area is 115 Å². The molecular weight excluding hydrogens is 262 g/mol. The zero-order valence-corrected chi connectivity index (χ0v) is 11.5. The Kier molecular flexibility index (Phi) is 4.97. The van der Waals surface area contributed by atoms with Crippen LogP contribution in [0.2, 0.25) is 0 Å². The molecule has 2 aromatic heterocycles. The zero-order chi connectivity index (χ0) is 13.5. The predicted molar refractivity (Wildman–Crippen MR) is 72.9 cm³/mol. The van der Waals surface area contributed by atoms with Crippen LogP contribution in [-0.2, 0) is 4.74 Å². The third kappa shape index (κ3) is 3.57. The normalized spacial score (nSPS) is 10.4. The van der Waals surface area contributed by atoms with Crippen molar-refractivity contribution in [3.8, 4) is 11.3 Å². The number of carbonyl (C=O) groups excluding carboxylic acids is 1. The van der Waals surface area contributed by atoms with E-state index in [-0.39, 0.29) is 5.97 Å². The number of aromatic nitrogens is 3. The first-order valence-electron chi connectivity index (χ1n) is 6.22. The van der Waals surface area contributed by atoms with Crippen molar-refractivity contribution in [1.82, 2.24) is 14.6 Å². The van der Waals surface area contributed by atoms with E-state index in [0.29, 0.717) is 17.2 Å². The number of pyridine rings is 1. The van der Waals surface area contributed by atoms with Gasteiger partial charge in [0.25, 0.3) is 0 Å². The Balaban J connectivity index is 2.05. The Bertz CT molecular complexity index is 528. The fourth-order valence-corrected chi connectivity index (χ4v) is 2.18. The molecule has 5 nitrogen and oxygen atoms in total. The van der Waals surface area contributed by atoms with Crippen LogP contribution in [0.4, 0.5) is 0 Å². The maximum absolute atomic E-state index is 12.0. The van der Waals surface area contributed by atoms with Crippen molar-refractivity contribution in [3.05, 3.63) is 29.4 Å². The molecule has 19 heavy (non-hydrogen) atoms. The Morgan fingerprint density at radius 3 is 3.05 bits per heavy atom. The van der Waals surface area contributed by atoms with Crippen molar-refractivity contribution in [2.24, 2.45) is 0 Å². The summed E-state index contributed by atoms with van der Waals surface area (Å²) in [6, 6.07) is 3.64. The van der Waals surface area contributed by atoms with Gasteiger partial charge in [-0.15, -0.1) is 5.10 Å². The van der Waals surface area contributed by atoms with Gasteiger partial charge in [-0.25, -0.2) is 4.79 Å². The summed E-state index contributed by atoms with van der Waals surface area (Å²) >= 11 is 1.05. The molecule has 2 aromatic rings. The molecule has 100 valence electrons. The zero-order valence-electron chi connectivity index (χ0n) is 10.7. The molecule has 0 aromatic carbocycles. The van der Waals surface area contributed by atoms with E-state index in [1.54, 1.807) is 18.5 Å². The fourth-order valence-electron chi connectivity index (χ4n) is 1.60. The molecule has 0 aliphatic rings. The van der Waals surface area contributed by atoms with Gasteiger partial charge in [0.15, 0.2) is 4.88 Å². The Hall–Kier alpha value is -1.82. The van der Waals surface area contributed by atoms with Gasteiger partial charge in [0.05, 0.1) is 6.61 Å². The van der Waals surface area contributed by atoms with Gasteiger partial charge in [-0.2, -0.15) is 0 Å². The molecule has 2 rings (SSSR count). The van der Waals surface area contributed by atoms with Crippen molar-refractivity contribution in [2.75, 3.05) is 6.61 Å². The molecule has 0 bridgehead atoms. The molecule has 0 radical (unpaired) electrons. The summed E-state index contributed by atoms with van der Waals surface area (Å²) in [5, 5.41) is 3.98. The highest BCUT2D eigenvalue weighted by atomic mass is 32.1. The van der Waals surface area contributed by atoms with E-state index in [4.69, 9.17) is 4.74 Å². The quantitative estimate of drug-likeness (QED) is 0.600. The average Bonchev–Trinajstić information content (AvgIpc) is 2.94. The van der Waals surface area contributed by atoms with Crippen LogP contribution in [0.3, 0.4) is 0 Å². The molecule has 0 unspecified atom stereocenters. The molecule has 0 atom stereocenters. The van der Waals surface area contributed by atoms with Crippen molar-refractivity contribution in [3.63, 3.8) is 0 Å². The molecule has 6 heteroatoms. The highest BCUT2D eigenvalue weighted by molar-refractivity contribution is 7.08. The van der Waals surface area contributed by atoms with Crippen molar-refractivity contribution in [2.45, 2.75) is 26.2 Å². The standard InChI is InChI=1S/C13H15N3O2S/c1-2-3-4-8-18-13(17)12-11(15-16-19-12)10-6-5-7-14-9-10/h5-7,9H,2-4,8H2,1H3. The van der Waals surface area contributed by atoms with E-state index in [1.165, 1.54) is 0 Å². The predicted octanol–water partition coefficient (Wildman–Crippen LogP) is 2.95. The SMILES string of the molecule is CCCCCOC(=O)c1snnc1-c1cccnc1. The molecular formula is C13H15N3O2S. The number of unbranched alkanes of at least 4 members (excludes halogenated alkanes) is 2. The number of esters is 1. The second-order valence-corrected chi connectivity index (χ2v) is 4.79. The van der Waals surface area contributed by atoms with Gasteiger partial charge in [-0.3, -0.25) is 4.98 Å². The number of carbonyl (C=O) groups is 1. The van der Waals surface area contributed by atoms with E-state index in [2.05, 4.69) is 21.5 Å². The van der Waals surface area contributed by atoms with E-state index in [1.807, 2.05) is 6.07 Å². The maximum Gasteiger partial charge on any atom is 0.352 e. The van der Waals surface area contributed by atoms with Crippen molar-refractivity contribution in [1.29, 1.82) is 0 Å². The first kappa shape index (κ1) is 13.6. The monoisotopic (exact) mass is 277 g/mol. The van der Waals surface area contributed by atoms with Gasteiger partial charge >= 0.3 is 5.97 Å². The summed E-state index contributed by atoms with van der Waals surface area (Å²) < 4.78 is 9.05. The largest absolute Gasteiger partial charge is 0.461 e. The lowest BCUT2D eigenvalue weighted by molar-refractivity contribution is 0.0504. The highest BCUT2D eigenvalue weighted by Gasteiger charge is 2.19. The van der Waals surface area contributed by atoms with Gasteiger partial charge in [0.2, 0.25) is 0 Å². The molecule has 0 N–H and O–H groups in total. The van der Waals surface area contributed by atoms with Crippen LogP contribution in [0.15, 0.2) is 24.5 Å². The minimum absolute atomic E-state index is 0.357. The highest BCUT2D eigenvalue weighted by Crippen LogP contribution is 2.23. The van der Waals surface area contributed by atoms with Crippen LogP contribution in [-0.4, -0.2) is 27.1 Å². The lowest BCUT2D eigenvalue weighted by Gasteiger charge is -2.03. The van der Waals surface area contributed by atoms with Gasteiger partial charge in [-0.1, -0.05) is 24.3 Å². The lowest BCUT2D eigenvalue weighted by Crippen LogP contribution is -2.06.